The number of rotatable bonds is 4. The maximum atomic E-state index is 12.6. The largest absolute Gasteiger partial charge is 0.477 e. The Kier molecular flexibility index (Phi) is 4.20. The molecule has 0 fully saturated rings. The first kappa shape index (κ1) is 16.6. The number of nitrogens with zero attached hydrogens (tertiary/aromatic N) is 1. The second kappa shape index (κ2) is 6.33. The molecule has 2 aromatic carbocycles. The van der Waals surface area contributed by atoms with Gasteiger partial charge in [0.05, 0.1) is 10.5 Å². The van der Waals surface area contributed by atoms with Gasteiger partial charge in [-0.3, -0.25) is 4.79 Å². The topological polar surface area (TPSA) is 113 Å². The van der Waals surface area contributed by atoms with E-state index in [4.69, 9.17) is 5.11 Å². The van der Waals surface area contributed by atoms with Crippen LogP contribution in [0.4, 0.5) is 0 Å². The van der Waals surface area contributed by atoms with Crippen molar-refractivity contribution < 1.29 is 23.1 Å². The number of pyridine rings is 1. The van der Waals surface area contributed by atoms with E-state index in [-0.39, 0.29) is 16.2 Å². The molecule has 1 heterocycles. The summed E-state index contributed by atoms with van der Waals surface area (Å²) >= 11 is 0. The maximum absolute atomic E-state index is 12.6. The van der Waals surface area contributed by atoms with Crippen LogP contribution in [-0.4, -0.2) is 30.4 Å². The fourth-order valence-electron chi connectivity index (χ4n) is 2.32. The molecule has 25 heavy (non-hydrogen) atoms. The zero-order chi connectivity index (χ0) is 18.0. The molecule has 8 heteroatoms. The predicted molar refractivity (Wildman–Crippen MR) is 89.8 cm³/mol. The van der Waals surface area contributed by atoms with E-state index in [1.807, 2.05) is 4.72 Å². The van der Waals surface area contributed by atoms with Gasteiger partial charge in [0.15, 0.2) is 0 Å². The van der Waals surface area contributed by atoms with Crippen LogP contribution >= 0.6 is 0 Å². The molecule has 0 unspecified atom stereocenters. The number of fused-ring (bicyclic) bond motifs is 1. The van der Waals surface area contributed by atoms with Gasteiger partial charge < -0.3 is 5.11 Å². The van der Waals surface area contributed by atoms with Crippen LogP contribution in [-0.2, 0) is 10.0 Å². The van der Waals surface area contributed by atoms with Gasteiger partial charge in [0.25, 0.3) is 15.9 Å². The summed E-state index contributed by atoms with van der Waals surface area (Å²) in [6.07, 6.45) is 1.01. The summed E-state index contributed by atoms with van der Waals surface area (Å²) in [4.78, 5) is 26.5. The lowest BCUT2D eigenvalue weighted by Gasteiger charge is -2.09. The number of aromatic nitrogens is 1. The van der Waals surface area contributed by atoms with Crippen molar-refractivity contribution in [1.82, 2.24) is 9.71 Å². The van der Waals surface area contributed by atoms with Gasteiger partial charge in [0, 0.05) is 11.6 Å². The van der Waals surface area contributed by atoms with Gasteiger partial charge in [-0.25, -0.2) is 22.9 Å². The van der Waals surface area contributed by atoms with Gasteiger partial charge >= 0.3 is 5.97 Å². The molecule has 0 atom stereocenters. The van der Waals surface area contributed by atoms with Crippen LogP contribution in [0.15, 0.2) is 65.7 Å². The molecule has 0 saturated carbocycles. The Bertz CT molecular complexity index is 1070. The van der Waals surface area contributed by atoms with Crippen molar-refractivity contribution in [3.05, 3.63) is 72.1 Å². The summed E-state index contributed by atoms with van der Waals surface area (Å²) in [7, 11) is -4.10. The van der Waals surface area contributed by atoms with E-state index < -0.39 is 21.9 Å². The van der Waals surface area contributed by atoms with E-state index in [1.165, 1.54) is 12.1 Å². The second-order valence-electron chi connectivity index (χ2n) is 5.15. The molecule has 1 aromatic heterocycles. The minimum absolute atomic E-state index is 0.0194. The van der Waals surface area contributed by atoms with E-state index >= 15 is 0 Å². The molecule has 3 aromatic rings. The van der Waals surface area contributed by atoms with Gasteiger partial charge in [-0.1, -0.05) is 36.4 Å². The van der Waals surface area contributed by atoms with Crippen LogP contribution in [0.2, 0.25) is 0 Å². The first-order chi connectivity index (χ1) is 11.9. The van der Waals surface area contributed by atoms with Gasteiger partial charge in [0.2, 0.25) is 0 Å². The Morgan fingerprint density at radius 2 is 1.68 bits per heavy atom. The minimum Gasteiger partial charge on any atom is -0.477 e. The number of carboxylic acids is 1. The van der Waals surface area contributed by atoms with Crippen molar-refractivity contribution in [2.45, 2.75) is 4.90 Å². The Labute approximate surface area is 143 Å². The molecule has 1 amide bonds. The zero-order valence-electron chi connectivity index (χ0n) is 12.7. The Hall–Kier alpha value is -3.26. The molecule has 0 aliphatic rings. The third-order valence-electron chi connectivity index (χ3n) is 3.51. The molecule has 0 bridgehead atoms. The van der Waals surface area contributed by atoms with Crippen molar-refractivity contribution in [1.29, 1.82) is 0 Å². The summed E-state index contributed by atoms with van der Waals surface area (Å²) in [5.41, 5.74) is -0.303. The lowest BCUT2D eigenvalue weighted by atomic mass is 10.1. The number of sulfonamides is 1. The van der Waals surface area contributed by atoms with Gasteiger partial charge in [0.1, 0.15) is 5.69 Å². The van der Waals surface area contributed by atoms with Crippen molar-refractivity contribution in [2.24, 2.45) is 0 Å². The summed E-state index contributed by atoms with van der Waals surface area (Å²) in [5.74, 6) is -2.13. The molecule has 0 saturated heterocycles. The average molecular weight is 356 g/mol. The Balaban J connectivity index is 1.92. The van der Waals surface area contributed by atoms with Crippen molar-refractivity contribution in [3.63, 3.8) is 0 Å². The SMILES string of the molecule is O=C(NS(=O)(=O)c1cccc2ccccc12)c1ccc(C(=O)O)nc1. The number of aromatic carboxylic acids is 1. The van der Waals surface area contributed by atoms with E-state index in [1.54, 1.807) is 36.4 Å². The third kappa shape index (κ3) is 3.33. The summed E-state index contributed by atoms with van der Waals surface area (Å²) < 4.78 is 27.1. The molecule has 0 spiro atoms. The van der Waals surface area contributed by atoms with Crippen LogP contribution in [0.25, 0.3) is 10.8 Å². The number of carboxylic acid groups (broad SMARTS) is 1. The lowest BCUT2D eigenvalue weighted by Crippen LogP contribution is -2.30. The van der Waals surface area contributed by atoms with Crippen molar-refractivity contribution >= 4 is 32.7 Å². The summed E-state index contributed by atoms with van der Waals surface area (Å²) in [6, 6.07) is 14.0. The lowest BCUT2D eigenvalue weighted by molar-refractivity contribution is 0.0689. The van der Waals surface area contributed by atoms with E-state index in [0.29, 0.717) is 5.39 Å². The number of carbonyl (C=O) groups is 2. The molecular formula is C17H12N2O5S. The van der Waals surface area contributed by atoms with E-state index in [9.17, 15) is 18.0 Å². The fraction of sp³-hybridized carbons (Fsp3) is 0. The van der Waals surface area contributed by atoms with Crippen molar-refractivity contribution in [3.8, 4) is 0 Å². The quantitative estimate of drug-likeness (QED) is 0.740. The van der Waals surface area contributed by atoms with Gasteiger partial charge in [-0.05, 0) is 23.6 Å². The average Bonchev–Trinajstić information content (AvgIpc) is 2.61. The van der Waals surface area contributed by atoms with Crippen molar-refractivity contribution in [2.75, 3.05) is 0 Å². The van der Waals surface area contributed by atoms with Gasteiger partial charge in [-0.2, -0.15) is 0 Å². The van der Waals surface area contributed by atoms with Crippen LogP contribution in [0.1, 0.15) is 20.8 Å². The molecule has 0 aliphatic heterocycles. The monoisotopic (exact) mass is 356 g/mol. The highest BCUT2D eigenvalue weighted by molar-refractivity contribution is 7.90. The molecule has 3 rings (SSSR count). The predicted octanol–water partition coefficient (Wildman–Crippen LogP) is 2.05. The summed E-state index contributed by atoms with van der Waals surface area (Å²) in [6.45, 7) is 0. The number of benzene rings is 2. The number of hydrogen-bond acceptors (Lipinski definition) is 5. The molecule has 7 nitrogen and oxygen atoms in total. The first-order valence-corrected chi connectivity index (χ1v) is 8.61. The maximum Gasteiger partial charge on any atom is 0.354 e. The standard InChI is InChI=1S/C17H12N2O5S/c20-16(12-8-9-14(17(21)22)18-10-12)19-25(23,24)15-7-3-5-11-4-1-2-6-13(11)15/h1-10H,(H,19,20)(H,21,22). The van der Waals surface area contributed by atoms with Crippen LogP contribution in [0.3, 0.4) is 0 Å². The number of nitrogens with one attached hydrogen (secondary N) is 1. The number of amides is 1. The fourth-order valence-corrected chi connectivity index (χ4v) is 3.53. The third-order valence-corrected chi connectivity index (χ3v) is 4.90. The van der Waals surface area contributed by atoms with Crippen LogP contribution in [0, 0.1) is 0 Å². The molecular weight excluding hydrogens is 344 g/mol. The Morgan fingerprint density at radius 1 is 0.960 bits per heavy atom. The van der Waals surface area contributed by atoms with E-state index in [2.05, 4.69) is 4.98 Å². The molecule has 0 radical (unpaired) electrons. The molecule has 0 aliphatic carbocycles. The highest BCUT2D eigenvalue weighted by atomic mass is 32.2. The zero-order valence-corrected chi connectivity index (χ0v) is 13.5. The van der Waals surface area contributed by atoms with Crippen LogP contribution < -0.4 is 4.72 Å². The van der Waals surface area contributed by atoms with Gasteiger partial charge in [-0.15, -0.1) is 0 Å². The van der Waals surface area contributed by atoms with E-state index in [0.717, 1.165) is 17.6 Å². The second-order valence-corrected chi connectivity index (χ2v) is 6.80. The normalized spacial score (nSPS) is 11.2. The number of carbonyl (C=O) groups excluding carboxylic acids is 1. The minimum atomic E-state index is -4.10. The molecule has 2 N–H and O–H groups in total. The highest BCUT2D eigenvalue weighted by Crippen LogP contribution is 2.22. The number of hydrogen-bond donors (Lipinski definition) is 2. The smallest absolute Gasteiger partial charge is 0.354 e. The first-order valence-electron chi connectivity index (χ1n) is 7.13. The Morgan fingerprint density at radius 3 is 2.36 bits per heavy atom. The molecule has 126 valence electrons. The van der Waals surface area contributed by atoms with Crippen LogP contribution in [0.5, 0.6) is 0 Å². The summed E-state index contributed by atoms with van der Waals surface area (Å²) in [5, 5.41) is 10.0. The highest BCUT2D eigenvalue weighted by Gasteiger charge is 2.21.